The number of aromatic nitrogens is 2. The average molecular weight is 438 g/mol. The van der Waals surface area contributed by atoms with Gasteiger partial charge in [-0.1, -0.05) is 6.07 Å². The molecule has 3 heterocycles. The Balaban J connectivity index is 1.56. The number of nitrogens with zero attached hydrogens (tertiary/aromatic N) is 3. The summed E-state index contributed by atoms with van der Waals surface area (Å²) in [6, 6.07) is 5.70. The van der Waals surface area contributed by atoms with E-state index in [1.165, 1.54) is 29.6 Å². The Hall–Kier alpha value is -3.75. The van der Waals surface area contributed by atoms with Crippen molar-refractivity contribution in [2.75, 3.05) is 18.0 Å². The van der Waals surface area contributed by atoms with Gasteiger partial charge in [-0.25, -0.2) is 9.49 Å². The molecule has 0 radical (unpaired) electrons. The Morgan fingerprint density at radius 1 is 1.25 bits per heavy atom. The number of carbonyl (C=O) groups excluding carboxylic acids is 2. The quantitative estimate of drug-likeness (QED) is 0.675. The molecule has 0 aliphatic carbocycles. The molecule has 1 atom stereocenters. The molecule has 8 nitrogen and oxygen atoms in total. The van der Waals surface area contributed by atoms with E-state index in [2.05, 4.69) is 10.2 Å². The SMILES string of the molecule is Cc1c(Cc2ccc(F)c(C(=O)N3CC(=O)N(c4ccoc4)[C@@H](C)C3)c2)n[nH]c(=O)c1C. The van der Waals surface area contributed by atoms with Crippen LogP contribution in [0.3, 0.4) is 0 Å². The molecule has 9 heteroatoms. The third-order valence-corrected chi connectivity index (χ3v) is 5.85. The Kier molecular flexibility index (Phi) is 5.65. The molecule has 1 aromatic carbocycles. The molecule has 166 valence electrons. The van der Waals surface area contributed by atoms with Gasteiger partial charge in [-0.3, -0.25) is 14.4 Å². The van der Waals surface area contributed by atoms with Gasteiger partial charge in [0.05, 0.1) is 29.2 Å². The molecule has 2 aromatic heterocycles. The number of anilines is 1. The summed E-state index contributed by atoms with van der Waals surface area (Å²) in [5.74, 6) is -1.46. The molecule has 0 unspecified atom stereocenters. The number of piperazine rings is 1. The van der Waals surface area contributed by atoms with E-state index in [0.29, 0.717) is 28.9 Å². The van der Waals surface area contributed by atoms with E-state index >= 15 is 0 Å². The lowest BCUT2D eigenvalue weighted by molar-refractivity contribution is -0.121. The maximum atomic E-state index is 14.6. The van der Waals surface area contributed by atoms with Crippen LogP contribution in [0.2, 0.25) is 0 Å². The van der Waals surface area contributed by atoms with Crippen LogP contribution < -0.4 is 10.5 Å². The third kappa shape index (κ3) is 3.93. The van der Waals surface area contributed by atoms with Crippen molar-refractivity contribution >= 4 is 17.5 Å². The summed E-state index contributed by atoms with van der Waals surface area (Å²) in [5.41, 5.74) is 2.91. The maximum Gasteiger partial charge on any atom is 0.267 e. The highest BCUT2D eigenvalue weighted by atomic mass is 19.1. The number of nitrogens with one attached hydrogen (secondary N) is 1. The molecule has 1 aliphatic heterocycles. The van der Waals surface area contributed by atoms with Crippen LogP contribution in [-0.4, -0.2) is 46.0 Å². The molecule has 1 N–H and O–H groups in total. The zero-order valence-corrected chi connectivity index (χ0v) is 18.0. The molecule has 3 aromatic rings. The van der Waals surface area contributed by atoms with E-state index in [1.807, 2.05) is 6.92 Å². The lowest BCUT2D eigenvalue weighted by Gasteiger charge is -2.38. The van der Waals surface area contributed by atoms with E-state index in [4.69, 9.17) is 4.42 Å². The van der Waals surface area contributed by atoms with Gasteiger partial charge in [-0.2, -0.15) is 5.10 Å². The number of halogens is 1. The van der Waals surface area contributed by atoms with Crippen molar-refractivity contribution < 1.29 is 18.4 Å². The van der Waals surface area contributed by atoms with Gasteiger partial charge in [-0.05, 0) is 44.0 Å². The fourth-order valence-corrected chi connectivity index (χ4v) is 3.95. The smallest absolute Gasteiger partial charge is 0.267 e. The highest BCUT2D eigenvalue weighted by Gasteiger charge is 2.34. The van der Waals surface area contributed by atoms with Gasteiger partial charge in [-0.15, -0.1) is 0 Å². The molecule has 1 aliphatic rings. The standard InChI is InChI=1S/C23H23FN4O4/c1-13-10-27(11-21(29)28(13)17-6-7-32-12-17)23(31)18-8-16(4-5-19(18)24)9-20-14(2)15(3)22(30)26-25-20/h4-8,12-13H,9-11H2,1-3H3,(H,26,30)/t13-/m0/s1. The van der Waals surface area contributed by atoms with E-state index in [9.17, 15) is 18.8 Å². The second kappa shape index (κ2) is 8.41. The number of hydrogen-bond acceptors (Lipinski definition) is 5. The van der Waals surface area contributed by atoms with Crippen molar-refractivity contribution in [1.29, 1.82) is 0 Å². The predicted octanol–water partition coefficient (Wildman–Crippen LogP) is 2.59. The number of hydrogen-bond donors (Lipinski definition) is 1. The first-order valence-corrected chi connectivity index (χ1v) is 10.2. The Labute approximate surface area is 183 Å². The van der Waals surface area contributed by atoms with Crippen LogP contribution >= 0.6 is 0 Å². The van der Waals surface area contributed by atoms with Crippen LogP contribution in [0.25, 0.3) is 0 Å². The van der Waals surface area contributed by atoms with Gasteiger partial charge in [0.15, 0.2) is 0 Å². The van der Waals surface area contributed by atoms with Crippen LogP contribution in [0.1, 0.15) is 39.7 Å². The van der Waals surface area contributed by atoms with E-state index in [0.717, 1.165) is 5.56 Å². The van der Waals surface area contributed by atoms with Crippen molar-refractivity contribution in [3.63, 3.8) is 0 Å². The van der Waals surface area contributed by atoms with Crippen LogP contribution in [0.5, 0.6) is 0 Å². The molecular formula is C23H23FN4O4. The normalized spacial score (nSPS) is 16.5. The minimum absolute atomic E-state index is 0.0990. The minimum atomic E-state index is -0.654. The topological polar surface area (TPSA) is 99.5 Å². The Bertz CT molecular complexity index is 1240. The number of H-pyrrole nitrogens is 1. The molecule has 1 saturated heterocycles. The van der Waals surface area contributed by atoms with Gasteiger partial charge < -0.3 is 14.2 Å². The molecule has 2 amide bonds. The number of benzene rings is 1. The van der Waals surface area contributed by atoms with E-state index < -0.39 is 11.7 Å². The van der Waals surface area contributed by atoms with Crippen LogP contribution in [0.4, 0.5) is 10.1 Å². The minimum Gasteiger partial charge on any atom is -0.470 e. The van der Waals surface area contributed by atoms with Crippen molar-refractivity contribution in [1.82, 2.24) is 15.1 Å². The maximum absolute atomic E-state index is 14.6. The zero-order chi connectivity index (χ0) is 23.0. The van der Waals surface area contributed by atoms with Gasteiger partial charge in [0.1, 0.15) is 18.6 Å². The zero-order valence-electron chi connectivity index (χ0n) is 18.0. The summed E-state index contributed by atoms with van der Waals surface area (Å²) < 4.78 is 19.6. The fourth-order valence-electron chi connectivity index (χ4n) is 3.95. The third-order valence-electron chi connectivity index (χ3n) is 5.85. The predicted molar refractivity (Wildman–Crippen MR) is 115 cm³/mol. The summed E-state index contributed by atoms with van der Waals surface area (Å²) >= 11 is 0. The first kappa shape index (κ1) is 21.5. The van der Waals surface area contributed by atoms with Gasteiger partial charge in [0, 0.05) is 24.6 Å². The fraction of sp³-hybridized carbons (Fsp3) is 0.304. The van der Waals surface area contributed by atoms with E-state index in [-0.39, 0.29) is 36.2 Å². The Morgan fingerprint density at radius 2 is 2.03 bits per heavy atom. The van der Waals surface area contributed by atoms with Crippen LogP contribution in [0, 0.1) is 19.7 Å². The average Bonchev–Trinajstić information content (AvgIpc) is 3.28. The number of carbonyl (C=O) groups is 2. The second-order valence-corrected chi connectivity index (χ2v) is 8.02. The molecular weight excluding hydrogens is 415 g/mol. The van der Waals surface area contributed by atoms with Crippen molar-refractivity contribution in [2.45, 2.75) is 33.2 Å². The number of amides is 2. The first-order chi connectivity index (χ1) is 15.3. The van der Waals surface area contributed by atoms with E-state index in [1.54, 1.807) is 30.9 Å². The summed E-state index contributed by atoms with van der Waals surface area (Å²) in [6.07, 6.45) is 3.28. The van der Waals surface area contributed by atoms with Crippen molar-refractivity contribution in [3.05, 3.63) is 80.9 Å². The molecule has 32 heavy (non-hydrogen) atoms. The number of furan rings is 1. The summed E-state index contributed by atoms with van der Waals surface area (Å²) in [6.45, 7) is 5.44. The Morgan fingerprint density at radius 3 is 2.72 bits per heavy atom. The van der Waals surface area contributed by atoms with Crippen LogP contribution in [-0.2, 0) is 11.2 Å². The van der Waals surface area contributed by atoms with Gasteiger partial charge in [0.25, 0.3) is 11.5 Å². The van der Waals surface area contributed by atoms with Gasteiger partial charge >= 0.3 is 0 Å². The molecule has 0 bridgehead atoms. The summed E-state index contributed by atoms with van der Waals surface area (Å²) in [5, 5.41) is 6.54. The highest BCUT2D eigenvalue weighted by Crippen LogP contribution is 2.24. The summed E-state index contributed by atoms with van der Waals surface area (Å²) in [7, 11) is 0. The van der Waals surface area contributed by atoms with Gasteiger partial charge in [0.2, 0.25) is 5.91 Å². The number of rotatable bonds is 4. The lowest BCUT2D eigenvalue weighted by atomic mass is 10.0. The lowest BCUT2D eigenvalue weighted by Crippen LogP contribution is -2.57. The van der Waals surface area contributed by atoms with Crippen molar-refractivity contribution in [2.24, 2.45) is 0 Å². The largest absolute Gasteiger partial charge is 0.470 e. The molecule has 0 spiro atoms. The van der Waals surface area contributed by atoms with Crippen LogP contribution in [0.15, 0.2) is 46.0 Å². The number of aromatic amines is 1. The summed E-state index contributed by atoms with van der Waals surface area (Å²) in [4.78, 5) is 40.4. The molecule has 1 fully saturated rings. The first-order valence-electron chi connectivity index (χ1n) is 10.2. The highest BCUT2D eigenvalue weighted by molar-refractivity contribution is 6.02. The monoisotopic (exact) mass is 438 g/mol. The van der Waals surface area contributed by atoms with Crippen molar-refractivity contribution in [3.8, 4) is 0 Å². The molecule has 0 saturated carbocycles. The second-order valence-electron chi connectivity index (χ2n) is 8.02. The molecule has 4 rings (SSSR count).